The number of nitrogens with zero attached hydrogens (tertiary/aromatic N) is 4. The molecule has 2 aliphatic rings. The lowest BCUT2D eigenvalue weighted by molar-refractivity contribution is 0.116. The van der Waals surface area contributed by atoms with Crippen molar-refractivity contribution in [2.45, 2.75) is 31.2 Å². The highest BCUT2D eigenvalue weighted by Gasteiger charge is 2.37. The van der Waals surface area contributed by atoms with E-state index in [2.05, 4.69) is 35.2 Å². The fraction of sp³-hybridized carbons (Fsp3) is 0.619. The number of hydrogen-bond donors (Lipinski definition) is 1. The van der Waals surface area contributed by atoms with Crippen LogP contribution in [0.25, 0.3) is 0 Å². The first-order valence-electron chi connectivity index (χ1n) is 9.96. The van der Waals surface area contributed by atoms with Crippen LogP contribution in [0.1, 0.15) is 25.3 Å². The third kappa shape index (κ3) is 4.60. The summed E-state index contributed by atoms with van der Waals surface area (Å²) in [6, 6.07) is 12.8. The first-order chi connectivity index (χ1) is 13.0. The van der Waals surface area contributed by atoms with Crippen LogP contribution in [-0.2, 0) is 5.41 Å². The van der Waals surface area contributed by atoms with Gasteiger partial charge in [0, 0.05) is 51.9 Å². The van der Waals surface area contributed by atoms with Crippen LogP contribution in [0.4, 0.5) is 4.79 Å². The molecule has 27 heavy (non-hydrogen) atoms. The molecule has 0 radical (unpaired) electrons. The molecule has 2 saturated heterocycles. The lowest BCUT2D eigenvalue weighted by Crippen LogP contribution is -2.53. The normalized spacial score (nSPS) is 22.0. The van der Waals surface area contributed by atoms with E-state index in [0.29, 0.717) is 38.5 Å². The molecule has 3 rings (SSSR count). The van der Waals surface area contributed by atoms with Crippen LogP contribution in [0.3, 0.4) is 0 Å². The minimum Gasteiger partial charge on any atom is -0.336 e. The first kappa shape index (κ1) is 19.7. The van der Waals surface area contributed by atoms with Crippen molar-refractivity contribution in [2.75, 3.05) is 52.9 Å². The van der Waals surface area contributed by atoms with E-state index in [1.807, 2.05) is 35.2 Å². The van der Waals surface area contributed by atoms with Gasteiger partial charge in [0.1, 0.15) is 0 Å². The number of hydrogen-bond acceptors (Lipinski definition) is 4. The maximum Gasteiger partial charge on any atom is 0.317 e. The van der Waals surface area contributed by atoms with Gasteiger partial charge in [0.05, 0.1) is 11.5 Å². The monoisotopic (exact) mass is 369 g/mol. The van der Waals surface area contributed by atoms with Crippen LogP contribution in [-0.4, -0.2) is 79.6 Å². The van der Waals surface area contributed by atoms with Crippen LogP contribution in [0.15, 0.2) is 30.3 Å². The Hall–Kier alpha value is -2.10. The topological polar surface area (TPSA) is 62.6 Å². The van der Waals surface area contributed by atoms with Gasteiger partial charge in [0.2, 0.25) is 0 Å². The van der Waals surface area contributed by atoms with Gasteiger partial charge in [-0.15, -0.1) is 0 Å². The summed E-state index contributed by atoms with van der Waals surface area (Å²) >= 11 is 0. The Morgan fingerprint density at radius 2 is 1.78 bits per heavy atom. The Morgan fingerprint density at radius 3 is 2.37 bits per heavy atom. The van der Waals surface area contributed by atoms with Gasteiger partial charge in [0.15, 0.2) is 0 Å². The molecule has 2 aliphatic heterocycles. The van der Waals surface area contributed by atoms with Crippen molar-refractivity contribution >= 4 is 6.03 Å². The fourth-order valence-corrected chi connectivity index (χ4v) is 4.05. The average Bonchev–Trinajstić information content (AvgIpc) is 2.73. The number of carbonyl (C=O) groups is 1. The predicted molar refractivity (Wildman–Crippen MR) is 106 cm³/mol. The van der Waals surface area contributed by atoms with E-state index in [1.54, 1.807) is 0 Å². The van der Waals surface area contributed by atoms with Gasteiger partial charge in [-0.1, -0.05) is 30.3 Å². The maximum absolute atomic E-state index is 12.6. The molecule has 2 amide bonds. The highest BCUT2D eigenvalue weighted by molar-refractivity contribution is 5.74. The summed E-state index contributed by atoms with van der Waals surface area (Å²) in [5.74, 6) is 0. The number of urea groups is 1. The standard InChI is InChI=1S/C21H31N5O/c1-18(25-14-12-24(2)13-15-25)16-23-20(27)26-10-8-21(17-22,9-11-26)19-6-4-3-5-7-19/h3-7,18H,8-16H2,1-2H3,(H,23,27)/t18-/m1/s1. The molecule has 0 aromatic heterocycles. The highest BCUT2D eigenvalue weighted by Crippen LogP contribution is 2.34. The summed E-state index contributed by atoms with van der Waals surface area (Å²) in [6.07, 6.45) is 1.38. The summed E-state index contributed by atoms with van der Waals surface area (Å²) in [5.41, 5.74) is 0.599. The van der Waals surface area contributed by atoms with Gasteiger partial charge in [-0.2, -0.15) is 5.26 Å². The van der Waals surface area contributed by atoms with Crippen molar-refractivity contribution in [1.29, 1.82) is 5.26 Å². The first-order valence-corrected chi connectivity index (χ1v) is 9.96. The molecule has 146 valence electrons. The fourth-order valence-electron chi connectivity index (χ4n) is 4.05. The SMILES string of the molecule is C[C@H](CNC(=O)N1CCC(C#N)(c2ccccc2)CC1)N1CCN(C)CC1. The maximum atomic E-state index is 12.6. The van der Waals surface area contributed by atoms with Crippen LogP contribution in [0, 0.1) is 11.3 Å². The molecule has 0 unspecified atom stereocenters. The predicted octanol–water partition coefficient (Wildman–Crippen LogP) is 1.89. The van der Waals surface area contributed by atoms with Crippen LogP contribution in [0.5, 0.6) is 0 Å². The lowest BCUT2D eigenvalue weighted by Gasteiger charge is -2.39. The van der Waals surface area contributed by atoms with E-state index >= 15 is 0 Å². The molecule has 1 aromatic carbocycles. The van der Waals surface area contributed by atoms with Crippen molar-refractivity contribution < 1.29 is 4.79 Å². The highest BCUT2D eigenvalue weighted by atomic mass is 16.2. The molecule has 2 fully saturated rings. The Morgan fingerprint density at radius 1 is 1.15 bits per heavy atom. The van der Waals surface area contributed by atoms with Gasteiger partial charge >= 0.3 is 6.03 Å². The Balaban J connectivity index is 1.48. The largest absolute Gasteiger partial charge is 0.336 e. The van der Waals surface area contributed by atoms with Gasteiger partial charge in [0.25, 0.3) is 0 Å². The molecule has 0 aliphatic carbocycles. The average molecular weight is 370 g/mol. The molecule has 1 N–H and O–H groups in total. The van der Waals surface area contributed by atoms with Crippen LogP contribution >= 0.6 is 0 Å². The Kier molecular flexibility index (Phi) is 6.35. The smallest absolute Gasteiger partial charge is 0.317 e. The lowest BCUT2D eigenvalue weighted by atomic mass is 9.74. The number of nitriles is 1. The Bertz CT molecular complexity index is 655. The summed E-state index contributed by atoms with van der Waals surface area (Å²) in [6.45, 7) is 8.37. The van der Waals surface area contributed by atoms with E-state index in [0.717, 1.165) is 31.7 Å². The minimum atomic E-state index is -0.467. The summed E-state index contributed by atoms with van der Waals surface area (Å²) < 4.78 is 0. The molecule has 2 heterocycles. The van der Waals surface area contributed by atoms with E-state index in [9.17, 15) is 10.1 Å². The number of piperidine rings is 1. The second-order valence-corrected chi connectivity index (χ2v) is 7.92. The van der Waals surface area contributed by atoms with Crippen molar-refractivity contribution in [2.24, 2.45) is 0 Å². The summed E-state index contributed by atoms with van der Waals surface area (Å²) in [5, 5.41) is 12.9. The number of carbonyl (C=O) groups excluding carboxylic acids is 1. The quantitative estimate of drug-likeness (QED) is 0.880. The molecule has 0 spiro atoms. The number of benzene rings is 1. The molecule has 1 aromatic rings. The van der Waals surface area contributed by atoms with E-state index in [4.69, 9.17) is 0 Å². The molecular formula is C21H31N5O. The Labute approximate surface area is 162 Å². The van der Waals surface area contributed by atoms with E-state index < -0.39 is 5.41 Å². The summed E-state index contributed by atoms with van der Waals surface area (Å²) in [4.78, 5) is 19.2. The van der Waals surface area contributed by atoms with Gasteiger partial charge < -0.3 is 15.1 Å². The van der Waals surface area contributed by atoms with E-state index in [1.165, 1.54) is 0 Å². The second-order valence-electron chi connectivity index (χ2n) is 7.92. The van der Waals surface area contributed by atoms with Crippen molar-refractivity contribution in [1.82, 2.24) is 20.0 Å². The zero-order valence-electron chi connectivity index (χ0n) is 16.5. The molecule has 0 bridgehead atoms. The van der Waals surface area contributed by atoms with Crippen molar-refractivity contribution in [3.05, 3.63) is 35.9 Å². The summed E-state index contributed by atoms with van der Waals surface area (Å²) in [7, 11) is 2.15. The second kappa shape index (κ2) is 8.73. The zero-order valence-corrected chi connectivity index (χ0v) is 16.5. The molecule has 6 heteroatoms. The zero-order chi connectivity index (χ0) is 19.3. The number of amides is 2. The number of likely N-dealkylation sites (N-methyl/N-ethyl adjacent to an activating group) is 1. The third-order valence-electron chi connectivity index (χ3n) is 6.15. The van der Waals surface area contributed by atoms with Gasteiger partial charge in [-0.25, -0.2) is 4.79 Å². The van der Waals surface area contributed by atoms with Gasteiger partial charge in [-0.05, 0) is 32.4 Å². The van der Waals surface area contributed by atoms with Crippen LogP contribution < -0.4 is 5.32 Å². The third-order valence-corrected chi connectivity index (χ3v) is 6.15. The van der Waals surface area contributed by atoms with Crippen molar-refractivity contribution in [3.8, 4) is 6.07 Å². The van der Waals surface area contributed by atoms with Gasteiger partial charge in [-0.3, -0.25) is 4.90 Å². The van der Waals surface area contributed by atoms with Crippen LogP contribution in [0.2, 0.25) is 0 Å². The number of nitrogens with one attached hydrogen (secondary N) is 1. The van der Waals surface area contributed by atoms with Crippen molar-refractivity contribution in [3.63, 3.8) is 0 Å². The van der Waals surface area contributed by atoms with E-state index in [-0.39, 0.29) is 6.03 Å². The molecule has 6 nitrogen and oxygen atoms in total. The molecule has 0 saturated carbocycles. The molecular weight excluding hydrogens is 338 g/mol. The number of likely N-dealkylation sites (tertiary alicyclic amines) is 1. The minimum absolute atomic E-state index is 0.00409. The molecule has 1 atom stereocenters. The number of piperazine rings is 1. The number of rotatable bonds is 4.